The summed E-state index contributed by atoms with van der Waals surface area (Å²) in [4.78, 5) is 34.9. The van der Waals surface area contributed by atoms with E-state index in [1.165, 1.54) is 0 Å². The van der Waals surface area contributed by atoms with Crippen LogP contribution in [0.5, 0.6) is 0 Å². The van der Waals surface area contributed by atoms with Crippen molar-refractivity contribution in [1.82, 2.24) is 10.6 Å². The van der Waals surface area contributed by atoms with Crippen molar-refractivity contribution in [2.45, 2.75) is 13.0 Å². The van der Waals surface area contributed by atoms with Gasteiger partial charge < -0.3 is 10.6 Å². The summed E-state index contributed by atoms with van der Waals surface area (Å²) in [5.41, 5.74) is 2.93. The number of benzene rings is 2. The first-order valence-electron chi connectivity index (χ1n) is 7.12. The maximum Gasteiger partial charge on any atom is 0.322 e. The summed E-state index contributed by atoms with van der Waals surface area (Å²) in [7, 11) is 0. The van der Waals surface area contributed by atoms with Gasteiger partial charge >= 0.3 is 6.03 Å². The zero-order valence-electron chi connectivity index (χ0n) is 12.4. The summed E-state index contributed by atoms with van der Waals surface area (Å²) >= 11 is 0. The number of rotatable bonds is 3. The van der Waals surface area contributed by atoms with Gasteiger partial charge in [0, 0.05) is 11.3 Å². The van der Waals surface area contributed by atoms with E-state index in [-0.39, 0.29) is 11.8 Å². The number of amides is 4. The molecule has 1 heterocycles. The van der Waals surface area contributed by atoms with Gasteiger partial charge in [0.05, 0.1) is 0 Å². The molecule has 4 amide bonds. The van der Waals surface area contributed by atoms with Crippen LogP contribution in [0.2, 0.25) is 0 Å². The predicted molar refractivity (Wildman–Crippen MR) is 85.0 cm³/mol. The Hall–Kier alpha value is -3.15. The van der Waals surface area contributed by atoms with Gasteiger partial charge in [-0.1, -0.05) is 29.8 Å². The maximum atomic E-state index is 12.1. The molecule has 23 heavy (non-hydrogen) atoms. The lowest BCUT2D eigenvalue weighted by Crippen LogP contribution is -2.22. The largest absolute Gasteiger partial charge is 0.322 e. The van der Waals surface area contributed by atoms with Gasteiger partial charge in [0.15, 0.2) is 0 Å². The van der Waals surface area contributed by atoms with Crippen LogP contribution in [0.25, 0.3) is 0 Å². The Morgan fingerprint density at radius 1 is 1.00 bits per heavy atom. The molecule has 0 bridgehead atoms. The minimum absolute atomic E-state index is 0.204. The third-order valence-corrected chi connectivity index (χ3v) is 3.59. The number of urea groups is 1. The predicted octanol–water partition coefficient (Wildman–Crippen LogP) is 2.13. The number of anilines is 1. The third-order valence-electron chi connectivity index (χ3n) is 3.59. The zero-order valence-corrected chi connectivity index (χ0v) is 12.4. The van der Waals surface area contributed by atoms with E-state index in [2.05, 4.69) is 16.0 Å². The maximum absolute atomic E-state index is 12.1. The third kappa shape index (κ3) is 3.21. The van der Waals surface area contributed by atoms with Crippen molar-refractivity contribution in [2.75, 3.05) is 5.32 Å². The van der Waals surface area contributed by atoms with Crippen LogP contribution in [-0.4, -0.2) is 17.8 Å². The summed E-state index contributed by atoms with van der Waals surface area (Å²) in [6.07, 6.45) is 0. The number of imide groups is 1. The monoisotopic (exact) mass is 309 g/mol. The molecule has 2 aromatic carbocycles. The quantitative estimate of drug-likeness (QED) is 0.759. The minimum atomic E-state index is -0.690. The van der Waals surface area contributed by atoms with E-state index in [0.717, 1.165) is 5.56 Å². The SMILES string of the molecule is Cc1ccc(C(=O)Nc2ccc(C3NC(=O)NC3=O)cc2)cc1. The highest BCUT2D eigenvalue weighted by Crippen LogP contribution is 2.19. The average Bonchev–Trinajstić information content (AvgIpc) is 2.87. The molecule has 3 N–H and O–H groups in total. The second-order valence-corrected chi connectivity index (χ2v) is 5.34. The summed E-state index contributed by atoms with van der Waals surface area (Å²) in [6.45, 7) is 1.96. The number of aryl methyl sites for hydroxylation is 1. The fourth-order valence-electron chi connectivity index (χ4n) is 2.32. The van der Waals surface area contributed by atoms with E-state index in [4.69, 9.17) is 0 Å². The summed E-state index contributed by atoms with van der Waals surface area (Å²) < 4.78 is 0. The van der Waals surface area contributed by atoms with Gasteiger partial charge in [-0.05, 0) is 36.8 Å². The van der Waals surface area contributed by atoms with E-state index in [1.807, 2.05) is 19.1 Å². The van der Waals surface area contributed by atoms with Crippen molar-refractivity contribution in [2.24, 2.45) is 0 Å². The van der Waals surface area contributed by atoms with Crippen molar-refractivity contribution >= 4 is 23.5 Å². The molecule has 0 spiro atoms. The van der Waals surface area contributed by atoms with Gasteiger partial charge in [-0.3, -0.25) is 14.9 Å². The molecule has 1 saturated heterocycles. The molecule has 1 unspecified atom stereocenters. The lowest BCUT2D eigenvalue weighted by Gasteiger charge is -2.10. The number of hydrogen-bond acceptors (Lipinski definition) is 3. The molecule has 116 valence electrons. The van der Waals surface area contributed by atoms with Crippen LogP contribution in [0, 0.1) is 6.92 Å². The Labute approximate surface area is 132 Å². The Morgan fingerprint density at radius 3 is 2.22 bits per heavy atom. The van der Waals surface area contributed by atoms with E-state index in [0.29, 0.717) is 16.8 Å². The van der Waals surface area contributed by atoms with Gasteiger partial charge in [0.2, 0.25) is 0 Å². The molecular formula is C17H15N3O3. The van der Waals surface area contributed by atoms with Gasteiger partial charge in [0.1, 0.15) is 6.04 Å². The molecule has 1 atom stereocenters. The molecule has 1 aliphatic rings. The number of carbonyl (C=O) groups is 3. The van der Waals surface area contributed by atoms with Gasteiger partial charge in [-0.15, -0.1) is 0 Å². The highest BCUT2D eigenvalue weighted by atomic mass is 16.2. The smallest absolute Gasteiger partial charge is 0.322 e. The number of hydrogen-bond donors (Lipinski definition) is 3. The van der Waals surface area contributed by atoms with Gasteiger partial charge in [-0.2, -0.15) is 0 Å². The average molecular weight is 309 g/mol. The fourth-order valence-corrected chi connectivity index (χ4v) is 2.32. The molecule has 1 aliphatic heterocycles. The molecule has 6 heteroatoms. The highest BCUT2D eigenvalue weighted by molar-refractivity contribution is 6.05. The second-order valence-electron chi connectivity index (χ2n) is 5.34. The molecule has 6 nitrogen and oxygen atoms in total. The fraction of sp³-hybridized carbons (Fsp3) is 0.118. The molecule has 0 saturated carbocycles. The highest BCUT2D eigenvalue weighted by Gasteiger charge is 2.30. The van der Waals surface area contributed by atoms with Crippen molar-refractivity contribution in [3.05, 3.63) is 65.2 Å². The second kappa shape index (κ2) is 5.92. The standard InChI is InChI=1S/C17H15N3O3/c1-10-2-4-12(5-3-10)15(21)18-13-8-6-11(7-9-13)14-16(22)20-17(23)19-14/h2-9,14H,1H3,(H,18,21)(H2,19,20,22,23). The van der Waals surface area contributed by atoms with Gasteiger partial charge in [-0.25, -0.2) is 4.79 Å². The lowest BCUT2D eigenvalue weighted by atomic mass is 10.1. The Morgan fingerprint density at radius 2 is 1.65 bits per heavy atom. The van der Waals surface area contributed by atoms with E-state index >= 15 is 0 Å². The van der Waals surface area contributed by atoms with Crippen LogP contribution in [0.3, 0.4) is 0 Å². The summed E-state index contributed by atoms with van der Waals surface area (Å²) in [6, 6.07) is 12.9. The summed E-state index contributed by atoms with van der Waals surface area (Å²) in [5, 5.41) is 7.49. The van der Waals surface area contributed by atoms with Gasteiger partial charge in [0.25, 0.3) is 11.8 Å². The summed E-state index contributed by atoms with van der Waals surface area (Å²) in [5.74, 6) is -0.587. The van der Waals surface area contributed by atoms with Crippen LogP contribution >= 0.6 is 0 Å². The van der Waals surface area contributed by atoms with Crippen LogP contribution in [0.1, 0.15) is 27.5 Å². The first kappa shape index (κ1) is 14.8. The van der Waals surface area contributed by atoms with Crippen LogP contribution < -0.4 is 16.0 Å². The van der Waals surface area contributed by atoms with E-state index in [9.17, 15) is 14.4 Å². The Bertz CT molecular complexity index is 767. The van der Waals surface area contributed by atoms with Crippen LogP contribution in [-0.2, 0) is 4.79 Å². The first-order valence-corrected chi connectivity index (χ1v) is 7.12. The van der Waals surface area contributed by atoms with Crippen molar-refractivity contribution in [1.29, 1.82) is 0 Å². The number of carbonyl (C=O) groups excluding carboxylic acids is 3. The van der Waals surface area contributed by atoms with Crippen molar-refractivity contribution in [3.8, 4) is 0 Å². The van der Waals surface area contributed by atoms with Crippen molar-refractivity contribution in [3.63, 3.8) is 0 Å². The molecule has 0 aliphatic carbocycles. The molecule has 2 aromatic rings. The topological polar surface area (TPSA) is 87.3 Å². The molecule has 0 aromatic heterocycles. The molecule has 3 rings (SSSR count). The van der Waals surface area contributed by atoms with E-state index in [1.54, 1.807) is 36.4 Å². The molecule has 0 radical (unpaired) electrons. The van der Waals surface area contributed by atoms with Crippen LogP contribution in [0.4, 0.5) is 10.5 Å². The van der Waals surface area contributed by atoms with Crippen molar-refractivity contribution < 1.29 is 14.4 Å². The Balaban J connectivity index is 1.70. The molecule has 1 fully saturated rings. The number of nitrogens with one attached hydrogen (secondary N) is 3. The zero-order chi connectivity index (χ0) is 16.4. The first-order chi connectivity index (χ1) is 11.0. The van der Waals surface area contributed by atoms with E-state index < -0.39 is 12.1 Å². The lowest BCUT2D eigenvalue weighted by molar-refractivity contribution is -0.120. The molecular weight excluding hydrogens is 294 g/mol. The van der Waals surface area contributed by atoms with Crippen LogP contribution in [0.15, 0.2) is 48.5 Å². The minimum Gasteiger partial charge on any atom is -0.322 e. The normalized spacial score (nSPS) is 16.7. The Kier molecular flexibility index (Phi) is 3.80.